The number of hydrogen-bond acceptors (Lipinski definition) is 7. The molecule has 2 fully saturated rings. The van der Waals surface area contributed by atoms with Crippen LogP contribution in [0.3, 0.4) is 0 Å². The summed E-state index contributed by atoms with van der Waals surface area (Å²) in [6.07, 6.45) is 7.66. The Kier molecular flexibility index (Phi) is 16.9. The molecule has 1 amide bonds. The summed E-state index contributed by atoms with van der Waals surface area (Å²) in [6.45, 7) is 29.1. The second kappa shape index (κ2) is 17.5. The van der Waals surface area contributed by atoms with Gasteiger partial charge in [-0.05, 0) is 128 Å². The van der Waals surface area contributed by atoms with Gasteiger partial charge in [0, 0.05) is 42.3 Å². The Labute approximate surface area is 242 Å². The minimum atomic E-state index is -0.450. The van der Waals surface area contributed by atoms with E-state index < -0.39 is 6.04 Å². The van der Waals surface area contributed by atoms with Crippen molar-refractivity contribution >= 4 is 5.91 Å². The highest BCUT2D eigenvalue weighted by atomic mass is 16.2. The molecule has 0 aliphatic carbocycles. The molecular formula is C31H67N7O. The average molecular weight is 554 g/mol. The maximum absolute atomic E-state index is 12.1. The molecule has 2 aliphatic heterocycles. The van der Waals surface area contributed by atoms with Crippen molar-refractivity contribution in [2.24, 2.45) is 11.5 Å². The zero-order valence-corrected chi connectivity index (χ0v) is 27.8. The van der Waals surface area contributed by atoms with E-state index in [0.29, 0.717) is 29.9 Å². The Balaban J connectivity index is 0.000000694. The number of rotatable bonds is 7. The minimum Gasteiger partial charge on any atom is -0.386 e. The molecule has 39 heavy (non-hydrogen) atoms. The molecule has 0 aromatic heterocycles. The number of carbonyl (C=O) groups excluding carboxylic acids is 1. The molecule has 0 unspecified atom stereocenters. The third kappa shape index (κ3) is 17.9. The van der Waals surface area contributed by atoms with Gasteiger partial charge in [0.15, 0.2) is 0 Å². The summed E-state index contributed by atoms with van der Waals surface area (Å²) in [5.41, 5.74) is 12.3. The van der Waals surface area contributed by atoms with Gasteiger partial charge in [-0.15, -0.1) is 0 Å². The lowest BCUT2D eigenvalue weighted by atomic mass is 9.97. The molecule has 1 atom stereocenters. The molecule has 2 saturated heterocycles. The molecule has 0 aromatic rings. The standard InChI is InChI=1S/C16H33N5O.C9H19N.C6H15N/c1-12(17)19-9-5-6-14(18)15(22)20-13-7-10-21(11-8-13)16(2,3)4;1-9(2,3)10-7-5-4-6-8-10;1-6(2,3)7(4)5/h13-14,19H,1,5-11,17-18H2,2-4H3,(H,20,22);4-8H2,1-3H3;1-5H3/t14-;;/m0../s1. The van der Waals surface area contributed by atoms with Crippen molar-refractivity contribution in [3.8, 4) is 0 Å². The van der Waals surface area contributed by atoms with Crippen molar-refractivity contribution in [3.63, 3.8) is 0 Å². The van der Waals surface area contributed by atoms with Crippen LogP contribution in [0.1, 0.15) is 107 Å². The number of piperidine rings is 2. The Morgan fingerprint density at radius 2 is 1.33 bits per heavy atom. The normalized spacial score (nSPS) is 18.8. The van der Waals surface area contributed by atoms with Gasteiger partial charge in [-0.2, -0.15) is 0 Å². The summed E-state index contributed by atoms with van der Waals surface area (Å²) in [5, 5.41) is 6.02. The number of amides is 1. The lowest BCUT2D eigenvalue weighted by molar-refractivity contribution is -0.123. The quantitative estimate of drug-likeness (QED) is 0.352. The van der Waals surface area contributed by atoms with E-state index in [1.807, 2.05) is 0 Å². The van der Waals surface area contributed by atoms with Crippen LogP contribution in [0, 0.1) is 0 Å². The van der Waals surface area contributed by atoms with Crippen LogP contribution in [0.25, 0.3) is 0 Å². The van der Waals surface area contributed by atoms with Crippen LogP contribution in [-0.4, -0.2) is 96.1 Å². The predicted octanol–water partition coefficient (Wildman–Crippen LogP) is 4.11. The van der Waals surface area contributed by atoms with Crippen LogP contribution >= 0.6 is 0 Å². The second-order valence-electron chi connectivity index (χ2n) is 14.4. The smallest absolute Gasteiger partial charge is 0.237 e. The molecule has 8 heteroatoms. The molecule has 0 bridgehead atoms. The van der Waals surface area contributed by atoms with Crippen LogP contribution < -0.4 is 22.1 Å². The number of carbonyl (C=O) groups is 1. The number of hydrogen-bond donors (Lipinski definition) is 4. The van der Waals surface area contributed by atoms with Gasteiger partial charge in [0.1, 0.15) is 0 Å². The van der Waals surface area contributed by atoms with E-state index in [2.05, 4.69) is 108 Å². The fourth-order valence-corrected chi connectivity index (χ4v) is 4.27. The fraction of sp³-hybridized carbons (Fsp3) is 0.903. The van der Waals surface area contributed by atoms with Crippen molar-refractivity contribution in [2.75, 3.05) is 46.8 Å². The lowest BCUT2D eigenvalue weighted by Crippen LogP contribution is -2.53. The minimum absolute atomic E-state index is 0.0409. The van der Waals surface area contributed by atoms with Gasteiger partial charge in [-0.1, -0.05) is 13.0 Å². The predicted molar refractivity (Wildman–Crippen MR) is 170 cm³/mol. The van der Waals surface area contributed by atoms with E-state index in [-0.39, 0.29) is 17.5 Å². The maximum Gasteiger partial charge on any atom is 0.237 e. The van der Waals surface area contributed by atoms with E-state index in [0.717, 1.165) is 32.4 Å². The van der Waals surface area contributed by atoms with Crippen molar-refractivity contribution in [3.05, 3.63) is 12.4 Å². The third-order valence-electron chi connectivity index (χ3n) is 7.82. The largest absolute Gasteiger partial charge is 0.386 e. The summed E-state index contributed by atoms with van der Waals surface area (Å²) >= 11 is 0. The van der Waals surface area contributed by atoms with Crippen LogP contribution in [0.4, 0.5) is 0 Å². The van der Waals surface area contributed by atoms with Crippen molar-refractivity contribution < 1.29 is 4.79 Å². The first-order chi connectivity index (χ1) is 17.7. The Bertz CT molecular complexity index is 675. The molecule has 6 N–H and O–H groups in total. The molecule has 0 radical (unpaired) electrons. The zero-order valence-electron chi connectivity index (χ0n) is 27.8. The Morgan fingerprint density at radius 3 is 1.69 bits per heavy atom. The zero-order chi connectivity index (χ0) is 30.4. The Morgan fingerprint density at radius 1 is 0.897 bits per heavy atom. The number of likely N-dealkylation sites (tertiary alicyclic amines) is 2. The number of nitrogens with zero attached hydrogens (tertiary/aromatic N) is 3. The van der Waals surface area contributed by atoms with Gasteiger partial charge in [-0.25, -0.2) is 0 Å². The van der Waals surface area contributed by atoms with Crippen molar-refractivity contribution in [1.29, 1.82) is 0 Å². The summed E-state index contributed by atoms with van der Waals surface area (Å²) in [6, 6.07) is -0.201. The van der Waals surface area contributed by atoms with Gasteiger partial charge in [0.05, 0.1) is 11.9 Å². The van der Waals surface area contributed by atoms with E-state index in [4.69, 9.17) is 11.5 Å². The second-order valence-corrected chi connectivity index (χ2v) is 14.4. The molecule has 232 valence electrons. The molecule has 2 aliphatic rings. The summed E-state index contributed by atoms with van der Waals surface area (Å²) in [7, 11) is 4.17. The lowest BCUT2D eigenvalue weighted by Gasteiger charge is -2.41. The first kappa shape index (κ1) is 37.6. The maximum atomic E-state index is 12.1. The van der Waals surface area contributed by atoms with Crippen molar-refractivity contribution in [2.45, 2.75) is 136 Å². The van der Waals surface area contributed by atoms with Gasteiger partial charge in [-0.3, -0.25) is 14.6 Å². The van der Waals surface area contributed by atoms with Crippen LogP contribution in [0.2, 0.25) is 0 Å². The molecule has 8 nitrogen and oxygen atoms in total. The highest BCUT2D eigenvalue weighted by molar-refractivity contribution is 5.81. The first-order valence-electron chi connectivity index (χ1n) is 15.2. The molecule has 0 saturated carbocycles. The topological polar surface area (TPSA) is 103 Å². The summed E-state index contributed by atoms with van der Waals surface area (Å²) in [5.74, 6) is 0.407. The first-order valence-corrected chi connectivity index (χ1v) is 15.2. The van der Waals surface area contributed by atoms with E-state index >= 15 is 0 Å². The summed E-state index contributed by atoms with van der Waals surface area (Å²) < 4.78 is 0. The SMILES string of the molecule is C=C(N)NCCC[C@H](N)C(=O)NC1CCN(C(C)(C)C)CC1.CC(C)(C)N1CCCCC1.CN(C)C(C)(C)C. The average Bonchev–Trinajstić information content (AvgIpc) is 2.81. The monoisotopic (exact) mass is 554 g/mol. The highest BCUT2D eigenvalue weighted by Gasteiger charge is 2.28. The highest BCUT2D eigenvalue weighted by Crippen LogP contribution is 2.20. The molecule has 2 heterocycles. The van der Waals surface area contributed by atoms with Gasteiger partial charge < -0.3 is 27.0 Å². The number of nitrogens with two attached hydrogens (primary N) is 2. The van der Waals surface area contributed by atoms with Gasteiger partial charge >= 0.3 is 0 Å². The van der Waals surface area contributed by atoms with Crippen LogP contribution in [0.5, 0.6) is 0 Å². The Hall–Kier alpha value is -1.35. The molecule has 2 rings (SSSR count). The fourth-order valence-electron chi connectivity index (χ4n) is 4.27. The van der Waals surface area contributed by atoms with Crippen molar-refractivity contribution in [1.82, 2.24) is 25.3 Å². The van der Waals surface area contributed by atoms with E-state index in [1.54, 1.807) is 0 Å². The van der Waals surface area contributed by atoms with Gasteiger partial charge in [0.2, 0.25) is 5.91 Å². The molecule has 0 spiro atoms. The summed E-state index contributed by atoms with van der Waals surface area (Å²) in [4.78, 5) is 19.3. The van der Waals surface area contributed by atoms with Gasteiger partial charge in [0.25, 0.3) is 0 Å². The van der Waals surface area contributed by atoms with E-state index in [9.17, 15) is 4.79 Å². The molecule has 0 aromatic carbocycles. The number of nitrogens with one attached hydrogen (secondary N) is 2. The molecular weight excluding hydrogens is 486 g/mol. The van der Waals surface area contributed by atoms with E-state index in [1.165, 1.54) is 32.4 Å². The third-order valence-corrected chi connectivity index (χ3v) is 7.82. The van der Waals surface area contributed by atoms with Crippen LogP contribution in [-0.2, 0) is 4.79 Å². The van der Waals surface area contributed by atoms with Crippen LogP contribution in [0.15, 0.2) is 12.4 Å².